The van der Waals surface area contributed by atoms with Crippen LogP contribution in [0.5, 0.6) is 0 Å². The summed E-state index contributed by atoms with van der Waals surface area (Å²) in [7, 11) is 0. The predicted octanol–water partition coefficient (Wildman–Crippen LogP) is 1.10. The first kappa shape index (κ1) is 9.88. The zero-order valence-electron chi connectivity index (χ0n) is 9.49. The number of nitrogens with one attached hydrogen (secondary N) is 1. The van der Waals surface area contributed by atoms with E-state index in [9.17, 15) is 0 Å². The molecule has 0 amide bonds. The minimum absolute atomic E-state index is 0.449. The summed E-state index contributed by atoms with van der Waals surface area (Å²) in [5.41, 5.74) is 1.17. The first-order valence-corrected chi connectivity index (χ1v) is 6.26. The molecule has 0 radical (unpaired) electrons. The minimum Gasteiger partial charge on any atom is -0.440 e. The highest BCUT2D eigenvalue weighted by Crippen LogP contribution is 2.27. The first-order valence-electron chi connectivity index (χ1n) is 6.26. The Bertz CT molecular complexity index is 385. The van der Waals surface area contributed by atoms with Gasteiger partial charge in [-0.1, -0.05) is 24.6 Å². The van der Waals surface area contributed by atoms with E-state index in [0.29, 0.717) is 6.10 Å². The molecule has 2 nitrogen and oxygen atoms in total. The van der Waals surface area contributed by atoms with Crippen molar-refractivity contribution in [3.8, 4) is 0 Å². The van der Waals surface area contributed by atoms with Crippen molar-refractivity contribution in [2.45, 2.75) is 31.8 Å². The van der Waals surface area contributed by atoms with Crippen LogP contribution in [0.1, 0.15) is 31.2 Å². The normalized spacial score (nSPS) is 28.9. The Labute approximate surface area is 96.3 Å². The standard InChI is InChI=1S/C14H17NO/c1-2-6-11(7-3-1)14-15-10-12-8-4-5-9-13(12)16-14/h1-3,6-7,12-13H,4-5,8-10H2/p+1/t12-,13-/m0/s1. The summed E-state index contributed by atoms with van der Waals surface area (Å²) in [5, 5.41) is 0. The molecular weight excluding hydrogens is 198 g/mol. The van der Waals surface area contributed by atoms with Gasteiger partial charge in [0, 0.05) is 0 Å². The Morgan fingerprint density at radius 2 is 1.88 bits per heavy atom. The zero-order chi connectivity index (χ0) is 10.8. The summed E-state index contributed by atoms with van der Waals surface area (Å²) in [6, 6.07) is 10.4. The van der Waals surface area contributed by atoms with Gasteiger partial charge in [0.15, 0.2) is 6.54 Å². The molecule has 1 fully saturated rings. The summed E-state index contributed by atoms with van der Waals surface area (Å²) in [4.78, 5) is 3.43. The third-order valence-electron chi connectivity index (χ3n) is 3.67. The van der Waals surface area contributed by atoms with Crippen LogP contribution in [-0.4, -0.2) is 18.5 Å². The van der Waals surface area contributed by atoms with Crippen molar-refractivity contribution in [3.63, 3.8) is 0 Å². The van der Waals surface area contributed by atoms with Crippen LogP contribution in [0.2, 0.25) is 0 Å². The Hall–Kier alpha value is -1.31. The molecule has 84 valence electrons. The fourth-order valence-corrected chi connectivity index (χ4v) is 2.74. The van der Waals surface area contributed by atoms with Gasteiger partial charge in [-0.05, 0) is 31.4 Å². The number of rotatable bonds is 1. The smallest absolute Gasteiger partial charge is 0.368 e. The lowest BCUT2D eigenvalue weighted by molar-refractivity contribution is -0.493. The van der Waals surface area contributed by atoms with Gasteiger partial charge in [0.1, 0.15) is 6.10 Å². The topological polar surface area (TPSA) is 23.2 Å². The summed E-state index contributed by atoms with van der Waals surface area (Å²) in [5.74, 6) is 1.70. The molecule has 0 bridgehead atoms. The van der Waals surface area contributed by atoms with Gasteiger partial charge < -0.3 is 4.74 Å². The van der Waals surface area contributed by atoms with E-state index < -0.39 is 0 Å². The van der Waals surface area contributed by atoms with Crippen LogP contribution < -0.4 is 4.99 Å². The molecule has 3 rings (SSSR count). The van der Waals surface area contributed by atoms with E-state index in [4.69, 9.17) is 4.74 Å². The van der Waals surface area contributed by atoms with Crippen molar-refractivity contribution in [2.75, 3.05) is 6.54 Å². The van der Waals surface area contributed by atoms with Crippen molar-refractivity contribution >= 4 is 5.90 Å². The van der Waals surface area contributed by atoms with Crippen LogP contribution >= 0.6 is 0 Å². The second kappa shape index (κ2) is 4.28. The Balaban J connectivity index is 1.81. The molecule has 2 atom stereocenters. The molecule has 0 spiro atoms. The van der Waals surface area contributed by atoms with Gasteiger partial charge in [-0.3, -0.25) is 0 Å². The van der Waals surface area contributed by atoms with Gasteiger partial charge in [0.25, 0.3) is 0 Å². The Morgan fingerprint density at radius 3 is 2.75 bits per heavy atom. The zero-order valence-corrected chi connectivity index (χ0v) is 9.49. The number of ether oxygens (including phenoxy) is 1. The van der Waals surface area contributed by atoms with Crippen LogP contribution in [0, 0.1) is 5.92 Å². The minimum atomic E-state index is 0.449. The van der Waals surface area contributed by atoms with Crippen LogP contribution in [0.15, 0.2) is 30.3 Å². The maximum Gasteiger partial charge on any atom is 0.368 e. The van der Waals surface area contributed by atoms with Crippen LogP contribution in [0.3, 0.4) is 0 Å². The van der Waals surface area contributed by atoms with Crippen LogP contribution in [-0.2, 0) is 4.74 Å². The van der Waals surface area contributed by atoms with Crippen molar-refractivity contribution in [2.24, 2.45) is 5.92 Å². The molecule has 1 heterocycles. The lowest BCUT2D eigenvalue weighted by Crippen LogP contribution is -2.79. The number of benzene rings is 1. The van der Waals surface area contributed by atoms with Crippen LogP contribution in [0.25, 0.3) is 0 Å². The molecular formula is C14H18NO+. The summed E-state index contributed by atoms with van der Waals surface area (Å²) >= 11 is 0. The summed E-state index contributed by atoms with van der Waals surface area (Å²) in [6.07, 6.45) is 5.68. The Morgan fingerprint density at radius 1 is 1.06 bits per heavy atom. The summed E-state index contributed by atoms with van der Waals surface area (Å²) in [6.45, 7) is 1.08. The van der Waals surface area contributed by atoms with E-state index in [0.717, 1.165) is 18.4 Å². The number of fused-ring (bicyclic) bond motifs is 1. The maximum atomic E-state index is 6.08. The molecule has 16 heavy (non-hydrogen) atoms. The van der Waals surface area contributed by atoms with Crippen LogP contribution in [0.4, 0.5) is 0 Å². The molecule has 0 aromatic heterocycles. The Kier molecular flexibility index (Phi) is 2.65. The molecule has 1 aliphatic carbocycles. The number of hydrogen-bond donors (Lipinski definition) is 1. The molecule has 1 aromatic carbocycles. The van der Waals surface area contributed by atoms with Gasteiger partial charge in [-0.15, -0.1) is 0 Å². The van der Waals surface area contributed by atoms with E-state index in [1.165, 1.54) is 31.2 Å². The van der Waals surface area contributed by atoms with Crippen molar-refractivity contribution in [3.05, 3.63) is 35.9 Å². The third kappa shape index (κ3) is 1.84. The average Bonchev–Trinajstić information content (AvgIpc) is 2.39. The molecule has 1 saturated carbocycles. The van der Waals surface area contributed by atoms with Crippen molar-refractivity contribution in [1.29, 1.82) is 0 Å². The van der Waals surface area contributed by atoms with Crippen molar-refractivity contribution < 1.29 is 9.73 Å². The second-order valence-electron chi connectivity index (χ2n) is 4.78. The highest BCUT2D eigenvalue weighted by Gasteiger charge is 2.34. The molecule has 0 unspecified atom stereocenters. The van der Waals surface area contributed by atoms with Gasteiger partial charge in [-0.2, -0.15) is 0 Å². The fraction of sp³-hybridized carbons (Fsp3) is 0.500. The lowest BCUT2D eigenvalue weighted by atomic mass is 9.86. The van der Waals surface area contributed by atoms with E-state index in [2.05, 4.69) is 29.3 Å². The molecule has 1 aromatic rings. The summed E-state index contributed by atoms with van der Waals surface area (Å²) < 4.78 is 6.08. The van der Waals surface area contributed by atoms with E-state index in [1.807, 2.05) is 6.07 Å². The first-order chi connectivity index (χ1) is 7.93. The van der Waals surface area contributed by atoms with Gasteiger partial charge in [0.2, 0.25) is 0 Å². The van der Waals surface area contributed by atoms with E-state index >= 15 is 0 Å². The van der Waals surface area contributed by atoms with Gasteiger partial charge in [-0.25, -0.2) is 4.99 Å². The monoisotopic (exact) mass is 216 g/mol. The van der Waals surface area contributed by atoms with E-state index in [1.54, 1.807) is 0 Å². The molecule has 2 aliphatic rings. The second-order valence-corrected chi connectivity index (χ2v) is 4.78. The third-order valence-corrected chi connectivity index (χ3v) is 3.67. The highest BCUT2D eigenvalue weighted by molar-refractivity contribution is 5.89. The SMILES string of the molecule is c1ccc(C2=[NH+]C[C@@H]3CCCC[C@@H]3O2)cc1. The van der Waals surface area contributed by atoms with Crippen molar-refractivity contribution in [1.82, 2.24) is 0 Å². The predicted molar refractivity (Wildman–Crippen MR) is 63.2 cm³/mol. The molecule has 1 N–H and O–H groups in total. The highest BCUT2D eigenvalue weighted by atomic mass is 16.5. The van der Waals surface area contributed by atoms with E-state index in [-0.39, 0.29) is 0 Å². The molecule has 2 heteroatoms. The largest absolute Gasteiger partial charge is 0.440 e. The van der Waals surface area contributed by atoms with Gasteiger partial charge >= 0.3 is 5.90 Å². The fourth-order valence-electron chi connectivity index (χ4n) is 2.74. The molecule has 1 aliphatic heterocycles. The lowest BCUT2D eigenvalue weighted by Gasteiger charge is -2.31. The van der Waals surface area contributed by atoms with Gasteiger partial charge in [0.05, 0.1) is 11.5 Å². The average molecular weight is 216 g/mol. The quantitative estimate of drug-likeness (QED) is 0.746. The number of hydrogen-bond acceptors (Lipinski definition) is 1. The maximum absolute atomic E-state index is 6.08. The molecule has 0 saturated heterocycles.